The molecule has 0 spiro atoms. The van der Waals surface area contributed by atoms with E-state index in [4.69, 9.17) is 21.1 Å². The third kappa shape index (κ3) is 3.03. The van der Waals surface area contributed by atoms with Crippen LogP contribution in [0.3, 0.4) is 0 Å². The fraction of sp³-hybridized carbons (Fsp3) is 0. The topological polar surface area (TPSA) is 50.4 Å². The molecule has 0 radical (unpaired) electrons. The summed E-state index contributed by atoms with van der Waals surface area (Å²) in [7, 11) is 0. The quantitative estimate of drug-likeness (QED) is 0.847. The highest BCUT2D eigenvalue weighted by atomic mass is 79.9. The molecule has 0 bridgehead atoms. The van der Waals surface area contributed by atoms with Gasteiger partial charge in [-0.25, -0.2) is 4.79 Å². The van der Waals surface area contributed by atoms with Gasteiger partial charge in [0.2, 0.25) is 0 Å². The number of rotatable bonds is 3. The van der Waals surface area contributed by atoms with Crippen LogP contribution in [0.15, 0.2) is 45.3 Å². The molecule has 1 aromatic heterocycles. The first-order chi connectivity index (χ1) is 8.56. The lowest BCUT2D eigenvalue weighted by Crippen LogP contribution is -1.84. The van der Waals surface area contributed by atoms with Crippen LogP contribution in [-0.2, 0) is 4.79 Å². The van der Waals surface area contributed by atoms with E-state index in [-0.39, 0.29) is 0 Å². The van der Waals surface area contributed by atoms with Gasteiger partial charge in [0.25, 0.3) is 0 Å². The van der Waals surface area contributed by atoms with Crippen molar-refractivity contribution in [2.75, 3.05) is 0 Å². The van der Waals surface area contributed by atoms with Crippen LogP contribution in [0.2, 0.25) is 5.02 Å². The third-order valence-electron chi connectivity index (χ3n) is 2.21. The summed E-state index contributed by atoms with van der Waals surface area (Å²) in [6, 6.07) is 8.89. The highest BCUT2D eigenvalue weighted by Crippen LogP contribution is 2.31. The van der Waals surface area contributed by atoms with Gasteiger partial charge in [0.05, 0.1) is 5.02 Å². The lowest BCUT2D eigenvalue weighted by Gasteiger charge is -2.00. The van der Waals surface area contributed by atoms with E-state index in [1.54, 1.807) is 18.2 Å². The van der Waals surface area contributed by atoms with Gasteiger partial charge in [-0.15, -0.1) is 0 Å². The largest absolute Gasteiger partial charge is 0.478 e. The minimum absolute atomic E-state index is 0.464. The van der Waals surface area contributed by atoms with Crippen molar-refractivity contribution in [1.29, 1.82) is 0 Å². The Morgan fingerprint density at radius 3 is 2.78 bits per heavy atom. The minimum Gasteiger partial charge on any atom is -0.478 e. The predicted molar refractivity (Wildman–Crippen MR) is 73.5 cm³/mol. The third-order valence-corrected chi connectivity index (χ3v) is 3.02. The van der Waals surface area contributed by atoms with Crippen LogP contribution in [0.25, 0.3) is 17.4 Å². The molecule has 1 heterocycles. The van der Waals surface area contributed by atoms with Crippen LogP contribution < -0.4 is 0 Å². The van der Waals surface area contributed by atoms with Gasteiger partial charge >= 0.3 is 5.97 Å². The van der Waals surface area contributed by atoms with Gasteiger partial charge in [0, 0.05) is 16.1 Å². The maximum Gasteiger partial charge on any atom is 0.328 e. The SMILES string of the molecule is O=C(O)/C=C/c1ccc(-c2ccc(Br)cc2Cl)o1. The van der Waals surface area contributed by atoms with Gasteiger partial charge in [0.1, 0.15) is 11.5 Å². The number of halogens is 2. The lowest BCUT2D eigenvalue weighted by atomic mass is 10.2. The van der Waals surface area contributed by atoms with Gasteiger partial charge in [-0.3, -0.25) is 0 Å². The number of benzene rings is 1. The molecule has 0 aliphatic heterocycles. The molecule has 18 heavy (non-hydrogen) atoms. The summed E-state index contributed by atoms with van der Waals surface area (Å²) >= 11 is 9.42. The highest BCUT2D eigenvalue weighted by molar-refractivity contribution is 9.10. The molecule has 0 aliphatic carbocycles. The van der Waals surface area contributed by atoms with Crippen LogP contribution in [0, 0.1) is 0 Å². The number of carboxylic acid groups (broad SMARTS) is 1. The number of hydrogen-bond donors (Lipinski definition) is 1. The predicted octanol–water partition coefficient (Wildman–Crippen LogP) is 4.46. The maximum atomic E-state index is 10.4. The van der Waals surface area contributed by atoms with Crippen molar-refractivity contribution in [2.24, 2.45) is 0 Å². The maximum absolute atomic E-state index is 10.4. The van der Waals surface area contributed by atoms with Gasteiger partial charge in [-0.2, -0.15) is 0 Å². The number of aliphatic carboxylic acids is 1. The second kappa shape index (κ2) is 5.42. The highest BCUT2D eigenvalue weighted by Gasteiger charge is 2.08. The molecule has 0 amide bonds. The van der Waals surface area contributed by atoms with Crippen molar-refractivity contribution < 1.29 is 14.3 Å². The zero-order chi connectivity index (χ0) is 13.1. The van der Waals surface area contributed by atoms with Gasteiger partial charge in [-0.05, 0) is 36.4 Å². The number of hydrogen-bond acceptors (Lipinski definition) is 2. The van der Waals surface area contributed by atoms with Crippen LogP contribution in [-0.4, -0.2) is 11.1 Å². The summed E-state index contributed by atoms with van der Waals surface area (Å²) in [5.41, 5.74) is 0.759. The molecule has 3 nitrogen and oxygen atoms in total. The van der Waals surface area contributed by atoms with Crippen molar-refractivity contribution in [3.8, 4) is 11.3 Å². The normalized spacial score (nSPS) is 11.0. The van der Waals surface area contributed by atoms with Crippen molar-refractivity contribution in [3.05, 3.63) is 51.7 Å². The molecule has 0 atom stereocenters. The van der Waals surface area contributed by atoms with E-state index in [2.05, 4.69) is 15.9 Å². The zero-order valence-corrected chi connectivity index (χ0v) is 11.4. The van der Waals surface area contributed by atoms with E-state index in [1.165, 1.54) is 6.08 Å². The molecule has 92 valence electrons. The average Bonchev–Trinajstić information content (AvgIpc) is 2.75. The molecule has 5 heteroatoms. The molecule has 2 rings (SSSR count). The fourth-order valence-corrected chi connectivity index (χ4v) is 2.20. The minimum atomic E-state index is -1.02. The Morgan fingerprint density at radius 2 is 2.11 bits per heavy atom. The Bertz CT molecular complexity index is 616. The summed E-state index contributed by atoms with van der Waals surface area (Å²) in [5.74, 6) is 0.0403. The van der Waals surface area contributed by atoms with Crippen LogP contribution in [0.1, 0.15) is 5.76 Å². The molecule has 1 N–H and O–H groups in total. The van der Waals surface area contributed by atoms with Gasteiger partial charge in [-0.1, -0.05) is 27.5 Å². The van der Waals surface area contributed by atoms with E-state index in [9.17, 15) is 4.79 Å². The zero-order valence-electron chi connectivity index (χ0n) is 9.06. The molecule has 0 fully saturated rings. The first-order valence-corrected chi connectivity index (χ1v) is 6.19. The summed E-state index contributed by atoms with van der Waals surface area (Å²) in [6.45, 7) is 0. The monoisotopic (exact) mass is 326 g/mol. The Morgan fingerprint density at radius 1 is 1.33 bits per heavy atom. The standard InChI is InChI=1S/C13H8BrClO3/c14-8-1-4-10(11(15)7-8)12-5-2-9(18-12)3-6-13(16)17/h1-7H,(H,16,17)/b6-3+. The van der Waals surface area contributed by atoms with Crippen molar-refractivity contribution >= 4 is 39.6 Å². The Kier molecular flexibility index (Phi) is 3.89. The van der Waals surface area contributed by atoms with Crippen LogP contribution in [0.4, 0.5) is 0 Å². The van der Waals surface area contributed by atoms with Crippen molar-refractivity contribution in [1.82, 2.24) is 0 Å². The van der Waals surface area contributed by atoms with E-state index < -0.39 is 5.97 Å². The summed E-state index contributed by atoms with van der Waals surface area (Å²) < 4.78 is 6.37. The van der Waals surface area contributed by atoms with Crippen LogP contribution >= 0.6 is 27.5 Å². The van der Waals surface area contributed by atoms with Gasteiger partial charge < -0.3 is 9.52 Å². The summed E-state index contributed by atoms with van der Waals surface area (Å²) in [5, 5.41) is 9.08. The first kappa shape index (κ1) is 12.9. The molecule has 0 saturated carbocycles. The molecular weight excluding hydrogens is 319 g/mol. The van der Waals surface area contributed by atoms with E-state index in [0.29, 0.717) is 16.5 Å². The Balaban J connectivity index is 2.32. The molecular formula is C13H8BrClO3. The van der Waals surface area contributed by atoms with E-state index >= 15 is 0 Å². The van der Waals surface area contributed by atoms with E-state index in [1.807, 2.05) is 12.1 Å². The smallest absolute Gasteiger partial charge is 0.328 e. The van der Waals surface area contributed by atoms with Crippen molar-refractivity contribution in [2.45, 2.75) is 0 Å². The fourth-order valence-electron chi connectivity index (χ4n) is 1.43. The Hall–Kier alpha value is -1.52. The number of furan rings is 1. The second-order valence-corrected chi connectivity index (χ2v) is 4.82. The second-order valence-electron chi connectivity index (χ2n) is 3.50. The molecule has 0 saturated heterocycles. The van der Waals surface area contributed by atoms with Gasteiger partial charge in [0.15, 0.2) is 0 Å². The molecule has 0 unspecified atom stereocenters. The molecule has 2 aromatic rings. The lowest BCUT2D eigenvalue weighted by molar-refractivity contribution is -0.131. The average molecular weight is 328 g/mol. The Labute approximate surface area is 117 Å². The molecule has 1 aromatic carbocycles. The van der Waals surface area contributed by atoms with Crippen molar-refractivity contribution in [3.63, 3.8) is 0 Å². The van der Waals surface area contributed by atoms with E-state index in [0.717, 1.165) is 16.1 Å². The number of carboxylic acids is 1. The molecule has 0 aliphatic rings. The summed E-state index contributed by atoms with van der Waals surface area (Å²) in [6.07, 6.45) is 2.41. The first-order valence-electron chi connectivity index (χ1n) is 5.02. The summed E-state index contributed by atoms with van der Waals surface area (Å²) in [4.78, 5) is 10.4. The van der Waals surface area contributed by atoms with Crippen LogP contribution in [0.5, 0.6) is 0 Å². The number of carbonyl (C=O) groups is 1.